The van der Waals surface area contributed by atoms with Crippen LogP contribution in [0, 0.1) is 12.8 Å². The summed E-state index contributed by atoms with van der Waals surface area (Å²) in [5.41, 5.74) is 1.10. The second-order valence-electron chi connectivity index (χ2n) is 7.34. The van der Waals surface area contributed by atoms with Gasteiger partial charge in [0.15, 0.2) is 0 Å². The van der Waals surface area contributed by atoms with Crippen molar-refractivity contribution in [1.82, 2.24) is 25.1 Å². The van der Waals surface area contributed by atoms with Crippen molar-refractivity contribution < 1.29 is 9.59 Å². The highest BCUT2D eigenvalue weighted by Gasteiger charge is 2.19. The normalized spacial score (nSPS) is 14.6. The Bertz CT molecular complexity index is 582. The fourth-order valence-electron chi connectivity index (χ4n) is 3.07. The number of carbonyl (C=O) groups excluding carboxylic acids is 2. The van der Waals surface area contributed by atoms with Crippen molar-refractivity contribution >= 4 is 11.8 Å². The number of nitrogens with zero attached hydrogens (tertiary/aromatic N) is 4. The average Bonchev–Trinajstić information content (AvgIpc) is 3.12. The number of rotatable bonds is 9. The molecule has 2 rings (SSSR count). The van der Waals surface area contributed by atoms with E-state index in [-0.39, 0.29) is 11.8 Å². The molecule has 7 heteroatoms. The highest BCUT2D eigenvalue weighted by Crippen LogP contribution is 2.07. The van der Waals surface area contributed by atoms with Gasteiger partial charge in [0.2, 0.25) is 5.91 Å². The van der Waals surface area contributed by atoms with Gasteiger partial charge in [-0.25, -0.2) is 4.98 Å². The molecule has 1 N–H and O–H groups in total. The van der Waals surface area contributed by atoms with Crippen LogP contribution < -0.4 is 5.32 Å². The molecular formula is C19H31N5O2. The number of amides is 2. The Morgan fingerprint density at radius 1 is 1.23 bits per heavy atom. The van der Waals surface area contributed by atoms with Crippen LogP contribution in [-0.4, -0.2) is 70.9 Å². The van der Waals surface area contributed by atoms with Gasteiger partial charge in [0.25, 0.3) is 5.91 Å². The second-order valence-corrected chi connectivity index (χ2v) is 7.34. The van der Waals surface area contributed by atoms with Crippen LogP contribution >= 0.6 is 0 Å². The van der Waals surface area contributed by atoms with E-state index >= 15 is 0 Å². The Hall–Kier alpha value is -2.02. The van der Waals surface area contributed by atoms with Crippen LogP contribution in [0.25, 0.3) is 0 Å². The smallest absolute Gasteiger partial charge is 0.274 e. The lowest BCUT2D eigenvalue weighted by molar-refractivity contribution is -0.121. The van der Waals surface area contributed by atoms with Gasteiger partial charge in [0, 0.05) is 38.8 Å². The van der Waals surface area contributed by atoms with Crippen molar-refractivity contribution in [3.63, 3.8) is 0 Å². The lowest BCUT2D eigenvalue weighted by Gasteiger charge is -2.24. The summed E-state index contributed by atoms with van der Waals surface area (Å²) in [4.78, 5) is 37.2. The maximum Gasteiger partial charge on any atom is 0.274 e. The Kier molecular flexibility index (Phi) is 7.97. The van der Waals surface area contributed by atoms with Gasteiger partial charge < -0.3 is 15.1 Å². The summed E-state index contributed by atoms with van der Waals surface area (Å²) in [6.07, 6.45) is 5.90. The molecule has 0 radical (unpaired) electrons. The summed E-state index contributed by atoms with van der Waals surface area (Å²) in [6.45, 7) is 10.7. The molecule has 2 amide bonds. The highest BCUT2D eigenvalue weighted by atomic mass is 16.2. The van der Waals surface area contributed by atoms with Gasteiger partial charge in [-0.1, -0.05) is 13.8 Å². The SMILES string of the molecule is Cc1cnc(C(=O)N(CCC(=O)NCCN2CCCC2)CC(C)C)cn1. The molecule has 0 aromatic carbocycles. The van der Waals surface area contributed by atoms with Crippen molar-refractivity contribution in [1.29, 1.82) is 0 Å². The zero-order chi connectivity index (χ0) is 18.9. The maximum absolute atomic E-state index is 12.7. The number of nitrogens with one attached hydrogen (secondary N) is 1. The molecule has 1 aliphatic rings. The van der Waals surface area contributed by atoms with Crippen LogP contribution in [0.1, 0.15) is 49.3 Å². The molecule has 1 fully saturated rings. The molecule has 0 atom stereocenters. The van der Waals surface area contributed by atoms with E-state index in [4.69, 9.17) is 0 Å². The van der Waals surface area contributed by atoms with E-state index in [0.29, 0.717) is 37.7 Å². The maximum atomic E-state index is 12.7. The molecule has 0 saturated carbocycles. The molecule has 1 aromatic rings. The average molecular weight is 361 g/mol. The van der Waals surface area contributed by atoms with Gasteiger partial charge in [-0.15, -0.1) is 0 Å². The molecule has 1 aliphatic heterocycles. The third-order valence-electron chi connectivity index (χ3n) is 4.43. The fraction of sp³-hybridized carbons (Fsp3) is 0.684. The molecule has 0 aliphatic carbocycles. The van der Waals surface area contributed by atoms with Crippen LogP contribution in [0.4, 0.5) is 0 Å². The minimum absolute atomic E-state index is 0.0132. The number of aryl methyl sites for hydroxylation is 1. The fourth-order valence-corrected chi connectivity index (χ4v) is 3.07. The standard InChI is InChI=1S/C19H31N5O2/c1-15(2)14-24(19(26)17-13-21-16(3)12-22-17)10-6-18(25)20-7-11-23-8-4-5-9-23/h12-13,15H,4-11,14H2,1-3H3,(H,20,25). The number of carbonyl (C=O) groups is 2. The van der Waals surface area contributed by atoms with Crippen LogP contribution in [0.5, 0.6) is 0 Å². The molecule has 2 heterocycles. The Labute approximate surface area is 156 Å². The highest BCUT2D eigenvalue weighted by molar-refractivity contribution is 5.92. The largest absolute Gasteiger partial charge is 0.355 e. The third-order valence-corrected chi connectivity index (χ3v) is 4.43. The second kappa shape index (κ2) is 10.2. The third kappa shape index (κ3) is 6.71. The van der Waals surface area contributed by atoms with Crippen molar-refractivity contribution in [3.8, 4) is 0 Å². The van der Waals surface area contributed by atoms with E-state index in [1.165, 1.54) is 19.0 Å². The number of likely N-dealkylation sites (tertiary alicyclic amines) is 1. The number of aromatic nitrogens is 2. The van der Waals surface area contributed by atoms with Gasteiger partial charge in [-0.3, -0.25) is 14.6 Å². The number of hydrogen-bond acceptors (Lipinski definition) is 5. The zero-order valence-corrected chi connectivity index (χ0v) is 16.2. The number of hydrogen-bond donors (Lipinski definition) is 1. The summed E-state index contributed by atoms with van der Waals surface area (Å²) in [5, 5.41) is 2.96. The molecule has 0 unspecified atom stereocenters. The minimum Gasteiger partial charge on any atom is -0.355 e. The van der Waals surface area contributed by atoms with E-state index in [9.17, 15) is 9.59 Å². The van der Waals surface area contributed by atoms with Crippen molar-refractivity contribution in [2.75, 3.05) is 39.3 Å². The molecule has 0 bridgehead atoms. The molecule has 1 aromatic heterocycles. The van der Waals surface area contributed by atoms with Crippen molar-refractivity contribution in [2.45, 2.75) is 40.0 Å². The molecule has 26 heavy (non-hydrogen) atoms. The molecule has 0 spiro atoms. The van der Waals surface area contributed by atoms with Crippen LogP contribution in [-0.2, 0) is 4.79 Å². The monoisotopic (exact) mass is 361 g/mol. The van der Waals surface area contributed by atoms with E-state index in [1.807, 2.05) is 6.92 Å². The van der Waals surface area contributed by atoms with E-state index in [0.717, 1.165) is 25.3 Å². The van der Waals surface area contributed by atoms with Gasteiger partial charge in [-0.2, -0.15) is 0 Å². The van der Waals surface area contributed by atoms with Gasteiger partial charge >= 0.3 is 0 Å². The van der Waals surface area contributed by atoms with E-state index in [2.05, 4.69) is 34.0 Å². The topological polar surface area (TPSA) is 78.4 Å². The first-order chi connectivity index (χ1) is 12.5. The van der Waals surface area contributed by atoms with Gasteiger partial charge in [0.05, 0.1) is 11.9 Å². The Balaban J connectivity index is 1.81. The van der Waals surface area contributed by atoms with E-state index < -0.39 is 0 Å². The minimum atomic E-state index is -0.170. The van der Waals surface area contributed by atoms with E-state index in [1.54, 1.807) is 11.1 Å². The van der Waals surface area contributed by atoms with Crippen molar-refractivity contribution in [3.05, 3.63) is 23.8 Å². The first-order valence-corrected chi connectivity index (χ1v) is 9.52. The quantitative estimate of drug-likeness (QED) is 0.721. The summed E-state index contributed by atoms with van der Waals surface area (Å²) in [6, 6.07) is 0. The Morgan fingerprint density at radius 3 is 2.58 bits per heavy atom. The Morgan fingerprint density at radius 2 is 1.96 bits per heavy atom. The van der Waals surface area contributed by atoms with Crippen molar-refractivity contribution in [2.24, 2.45) is 5.92 Å². The lowest BCUT2D eigenvalue weighted by atomic mass is 10.2. The van der Waals surface area contributed by atoms with Crippen LogP contribution in [0.3, 0.4) is 0 Å². The lowest BCUT2D eigenvalue weighted by Crippen LogP contribution is -2.39. The molecule has 7 nitrogen and oxygen atoms in total. The molecule has 1 saturated heterocycles. The summed E-state index contributed by atoms with van der Waals surface area (Å²) >= 11 is 0. The zero-order valence-electron chi connectivity index (χ0n) is 16.2. The first-order valence-electron chi connectivity index (χ1n) is 9.52. The predicted molar refractivity (Wildman–Crippen MR) is 101 cm³/mol. The summed E-state index contributed by atoms with van der Waals surface area (Å²) in [7, 11) is 0. The molecule has 144 valence electrons. The molecular weight excluding hydrogens is 330 g/mol. The van der Waals surface area contributed by atoms with Gasteiger partial charge in [0.1, 0.15) is 5.69 Å². The predicted octanol–water partition coefficient (Wildman–Crippen LogP) is 1.49. The summed E-state index contributed by atoms with van der Waals surface area (Å²) < 4.78 is 0. The summed E-state index contributed by atoms with van der Waals surface area (Å²) in [5.74, 6) is 0.132. The first kappa shape index (κ1) is 20.3. The van der Waals surface area contributed by atoms with Crippen LogP contribution in [0.2, 0.25) is 0 Å². The van der Waals surface area contributed by atoms with Crippen LogP contribution in [0.15, 0.2) is 12.4 Å². The van der Waals surface area contributed by atoms with Gasteiger partial charge in [-0.05, 0) is 38.8 Å².